The summed E-state index contributed by atoms with van der Waals surface area (Å²) in [6.07, 6.45) is 2.64. The lowest BCUT2D eigenvalue weighted by molar-refractivity contribution is -0.116. The van der Waals surface area contributed by atoms with Crippen LogP contribution in [0.15, 0.2) is 35.5 Å². The fourth-order valence-electron chi connectivity index (χ4n) is 3.64. The molecule has 1 fully saturated rings. The van der Waals surface area contributed by atoms with E-state index in [2.05, 4.69) is 23.4 Å². The van der Waals surface area contributed by atoms with Gasteiger partial charge in [0.1, 0.15) is 0 Å². The van der Waals surface area contributed by atoms with Gasteiger partial charge in [-0.15, -0.1) is 0 Å². The SMILES string of the molecule is CCCCn1c(SCC(=O)N(c2ccccc2)C2CCS(=O)(=O)C2)nc(C)c1C. The number of rotatable bonds is 8. The predicted octanol–water partition coefficient (Wildman–Crippen LogP) is 3.61. The maximum atomic E-state index is 13.2. The van der Waals surface area contributed by atoms with Crippen LogP contribution in [0.25, 0.3) is 0 Å². The number of anilines is 1. The molecule has 158 valence electrons. The Bertz CT molecular complexity index is 955. The van der Waals surface area contributed by atoms with Gasteiger partial charge in [-0.1, -0.05) is 43.3 Å². The van der Waals surface area contributed by atoms with E-state index < -0.39 is 9.84 Å². The van der Waals surface area contributed by atoms with Crippen LogP contribution in [0.2, 0.25) is 0 Å². The van der Waals surface area contributed by atoms with Gasteiger partial charge in [0.2, 0.25) is 5.91 Å². The van der Waals surface area contributed by atoms with Crippen molar-refractivity contribution < 1.29 is 13.2 Å². The molecule has 1 aromatic carbocycles. The van der Waals surface area contributed by atoms with E-state index in [4.69, 9.17) is 0 Å². The third kappa shape index (κ3) is 5.22. The number of sulfone groups is 1. The van der Waals surface area contributed by atoms with Gasteiger partial charge in [-0.2, -0.15) is 0 Å². The topological polar surface area (TPSA) is 72.3 Å². The number of thioether (sulfide) groups is 1. The highest BCUT2D eigenvalue weighted by Crippen LogP contribution is 2.27. The van der Waals surface area contributed by atoms with Crippen molar-refractivity contribution in [1.29, 1.82) is 0 Å². The van der Waals surface area contributed by atoms with E-state index in [0.29, 0.717) is 6.42 Å². The van der Waals surface area contributed by atoms with E-state index in [0.717, 1.165) is 41.6 Å². The number of nitrogens with zero attached hydrogens (tertiary/aromatic N) is 3. The van der Waals surface area contributed by atoms with E-state index in [-0.39, 0.29) is 29.2 Å². The minimum Gasteiger partial charge on any atom is -0.323 e. The molecule has 1 atom stereocenters. The molecule has 0 saturated carbocycles. The van der Waals surface area contributed by atoms with Crippen molar-refractivity contribution in [1.82, 2.24) is 9.55 Å². The number of imidazole rings is 1. The Labute approximate surface area is 177 Å². The van der Waals surface area contributed by atoms with Crippen LogP contribution in [0.5, 0.6) is 0 Å². The Morgan fingerprint density at radius 1 is 1.28 bits per heavy atom. The summed E-state index contributed by atoms with van der Waals surface area (Å²) in [6.45, 7) is 7.10. The summed E-state index contributed by atoms with van der Waals surface area (Å²) < 4.78 is 26.2. The van der Waals surface area contributed by atoms with Crippen molar-refractivity contribution in [2.45, 2.75) is 57.8 Å². The van der Waals surface area contributed by atoms with Gasteiger partial charge >= 0.3 is 0 Å². The third-order valence-electron chi connectivity index (χ3n) is 5.36. The van der Waals surface area contributed by atoms with Crippen LogP contribution in [0, 0.1) is 13.8 Å². The van der Waals surface area contributed by atoms with Crippen molar-refractivity contribution in [2.24, 2.45) is 0 Å². The molecule has 6 nitrogen and oxygen atoms in total. The number of unbranched alkanes of at least 4 members (excludes halogenated alkanes) is 1. The normalized spacial score (nSPS) is 18.1. The van der Waals surface area contributed by atoms with Gasteiger partial charge in [0.25, 0.3) is 0 Å². The lowest BCUT2D eigenvalue weighted by Gasteiger charge is -2.28. The number of aromatic nitrogens is 2. The first-order valence-corrected chi connectivity index (χ1v) is 12.9. The zero-order valence-electron chi connectivity index (χ0n) is 17.3. The van der Waals surface area contributed by atoms with Crippen LogP contribution in [0.4, 0.5) is 5.69 Å². The lowest BCUT2D eigenvalue weighted by Crippen LogP contribution is -2.42. The highest BCUT2D eigenvalue weighted by molar-refractivity contribution is 7.99. The molecule has 0 aliphatic carbocycles. The van der Waals surface area contributed by atoms with E-state index in [1.54, 1.807) is 4.90 Å². The summed E-state index contributed by atoms with van der Waals surface area (Å²) in [5, 5.41) is 0.855. The van der Waals surface area contributed by atoms with Crippen molar-refractivity contribution in [2.75, 3.05) is 22.2 Å². The van der Waals surface area contributed by atoms with Gasteiger partial charge in [-0.3, -0.25) is 4.79 Å². The van der Waals surface area contributed by atoms with Gasteiger partial charge in [0, 0.05) is 17.9 Å². The molecular formula is C21H29N3O3S2. The molecule has 3 rings (SSSR count). The van der Waals surface area contributed by atoms with Crippen LogP contribution >= 0.6 is 11.8 Å². The summed E-state index contributed by atoms with van der Waals surface area (Å²) in [5.41, 5.74) is 2.87. The first-order chi connectivity index (χ1) is 13.8. The average Bonchev–Trinajstić information content (AvgIpc) is 3.18. The molecule has 2 aromatic rings. The first kappa shape index (κ1) is 21.9. The van der Waals surface area contributed by atoms with Gasteiger partial charge < -0.3 is 9.47 Å². The van der Waals surface area contributed by atoms with E-state index >= 15 is 0 Å². The maximum absolute atomic E-state index is 13.2. The van der Waals surface area contributed by atoms with Crippen LogP contribution in [0.3, 0.4) is 0 Å². The first-order valence-electron chi connectivity index (χ1n) is 10.1. The van der Waals surface area contributed by atoms with Crippen LogP contribution < -0.4 is 4.90 Å². The standard InChI is InChI=1S/C21H29N3O3S2/c1-4-5-12-23-17(3)16(2)22-21(23)28-14-20(25)24(18-9-7-6-8-10-18)19-11-13-29(26,27)15-19/h6-10,19H,4-5,11-15H2,1-3H3. The average molecular weight is 436 g/mol. The fraction of sp³-hybridized carbons (Fsp3) is 0.524. The van der Waals surface area contributed by atoms with Crippen LogP contribution in [0.1, 0.15) is 37.6 Å². The molecular weight excluding hydrogens is 406 g/mol. The molecule has 0 bridgehead atoms. The van der Waals surface area contributed by atoms with Crippen molar-refractivity contribution in [3.05, 3.63) is 41.7 Å². The number of carbonyl (C=O) groups excluding carboxylic acids is 1. The second-order valence-corrected chi connectivity index (χ2v) is 10.7. The minimum atomic E-state index is -3.09. The smallest absolute Gasteiger partial charge is 0.237 e. The third-order valence-corrected chi connectivity index (χ3v) is 8.07. The fourth-order valence-corrected chi connectivity index (χ4v) is 6.31. The number of hydrogen-bond donors (Lipinski definition) is 0. The molecule has 1 aliphatic rings. The quantitative estimate of drug-likeness (QED) is 0.592. The zero-order valence-corrected chi connectivity index (χ0v) is 18.9. The molecule has 2 heterocycles. The van der Waals surface area contributed by atoms with Gasteiger partial charge in [-0.25, -0.2) is 13.4 Å². The highest BCUT2D eigenvalue weighted by atomic mass is 32.2. The molecule has 1 aromatic heterocycles. The monoisotopic (exact) mass is 435 g/mol. The Morgan fingerprint density at radius 2 is 2.00 bits per heavy atom. The largest absolute Gasteiger partial charge is 0.323 e. The number of benzene rings is 1. The maximum Gasteiger partial charge on any atom is 0.237 e. The Kier molecular flexibility index (Phi) is 7.05. The van der Waals surface area contributed by atoms with Crippen molar-refractivity contribution in [3.63, 3.8) is 0 Å². The molecule has 1 aliphatic heterocycles. The number of amides is 1. The number of para-hydroxylation sites is 1. The molecule has 8 heteroatoms. The number of hydrogen-bond acceptors (Lipinski definition) is 5. The molecule has 1 unspecified atom stereocenters. The summed E-state index contributed by atoms with van der Waals surface area (Å²) in [5.74, 6) is 0.319. The molecule has 1 saturated heterocycles. The van der Waals surface area contributed by atoms with Gasteiger partial charge in [0.05, 0.1) is 29.0 Å². The highest BCUT2D eigenvalue weighted by Gasteiger charge is 2.35. The Hall–Kier alpha value is -1.80. The molecule has 0 radical (unpaired) electrons. The van der Waals surface area contributed by atoms with E-state index in [1.807, 2.05) is 37.3 Å². The van der Waals surface area contributed by atoms with E-state index in [1.165, 1.54) is 11.8 Å². The van der Waals surface area contributed by atoms with Crippen LogP contribution in [-0.2, 0) is 21.2 Å². The van der Waals surface area contributed by atoms with Crippen molar-refractivity contribution >= 4 is 33.2 Å². The lowest BCUT2D eigenvalue weighted by atomic mass is 10.2. The van der Waals surface area contributed by atoms with Crippen LogP contribution in [-0.4, -0.2) is 47.2 Å². The Balaban J connectivity index is 1.79. The molecule has 0 spiro atoms. The second kappa shape index (κ2) is 9.34. The molecule has 29 heavy (non-hydrogen) atoms. The summed E-state index contributed by atoms with van der Waals surface area (Å²) >= 11 is 1.43. The molecule has 1 amide bonds. The van der Waals surface area contributed by atoms with Crippen molar-refractivity contribution in [3.8, 4) is 0 Å². The number of carbonyl (C=O) groups is 1. The molecule has 0 N–H and O–H groups in total. The van der Waals surface area contributed by atoms with Gasteiger partial charge in [0.15, 0.2) is 15.0 Å². The Morgan fingerprint density at radius 3 is 2.62 bits per heavy atom. The summed E-state index contributed by atoms with van der Waals surface area (Å²) in [7, 11) is -3.09. The second-order valence-electron chi connectivity index (χ2n) is 7.52. The predicted molar refractivity (Wildman–Crippen MR) is 118 cm³/mol. The number of aryl methyl sites for hydroxylation is 1. The van der Waals surface area contributed by atoms with E-state index in [9.17, 15) is 13.2 Å². The summed E-state index contributed by atoms with van der Waals surface area (Å²) in [6, 6.07) is 9.06. The van der Waals surface area contributed by atoms with Gasteiger partial charge in [-0.05, 0) is 38.8 Å². The minimum absolute atomic E-state index is 0.0294. The summed E-state index contributed by atoms with van der Waals surface area (Å²) in [4.78, 5) is 19.5. The zero-order chi connectivity index (χ0) is 21.0.